The summed E-state index contributed by atoms with van der Waals surface area (Å²) in [4.78, 5) is 31.8. The van der Waals surface area contributed by atoms with E-state index >= 15 is 0 Å². The molecule has 1 fully saturated rings. The van der Waals surface area contributed by atoms with Crippen molar-refractivity contribution in [3.05, 3.63) is 27.1 Å². The molecule has 5 rings (SSSR count). The van der Waals surface area contributed by atoms with Gasteiger partial charge in [0.15, 0.2) is 0 Å². The zero-order valence-corrected chi connectivity index (χ0v) is 20.0. The standard InChI is InChI=1S/C12H15ClN4OS.C6H4Cl2N2S/c1-7(18)17-4-2-8(6-17)14-11-10-9(3-5-19-10)15-12(13)16-11;7-5-4-3(1-2-11-4)9-6(8)10-5/h8H,2-6H2,1H3,(H,14,15,16);1-2H2/t8-;/m1./s1. The van der Waals surface area contributed by atoms with E-state index in [4.69, 9.17) is 34.8 Å². The minimum Gasteiger partial charge on any atom is -0.364 e. The average Bonchev–Trinajstić information content (AvgIpc) is 3.41. The van der Waals surface area contributed by atoms with E-state index in [1.165, 1.54) is 0 Å². The van der Waals surface area contributed by atoms with Crippen molar-refractivity contribution in [3.63, 3.8) is 0 Å². The highest BCUT2D eigenvalue weighted by molar-refractivity contribution is 8.00. The number of carbonyl (C=O) groups is 1. The van der Waals surface area contributed by atoms with Gasteiger partial charge < -0.3 is 10.2 Å². The normalized spacial score (nSPS) is 19.2. The molecule has 12 heteroatoms. The Bertz CT molecular complexity index is 979. The minimum absolute atomic E-state index is 0.129. The molecule has 1 saturated heterocycles. The molecule has 7 nitrogen and oxygen atoms in total. The summed E-state index contributed by atoms with van der Waals surface area (Å²) in [7, 11) is 0. The molecule has 0 unspecified atom stereocenters. The third-order valence-corrected chi connectivity index (χ3v) is 7.90. The summed E-state index contributed by atoms with van der Waals surface area (Å²) >= 11 is 20.8. The van der Waals surface area contributed by atoms with Gasteiger partial charge in [-0.1, -0.05) is 11.6 Å². The first kappa shape index (κ1) is 22.2. The number of hydrogen-bond acceptors (Lipinski definition) is 8. The molecule has 3 aliphatic rings. The second kappa shape index (κ2) is 9.65. The number of aromatic nitrogens is 4. The van der Waals surface area contributed by atoms with Gasteiger partial charge in [0.2, 0.25) is 16.5 Å². The van der Waals surface area contributed by atoms with Crippen LogP contribution in [0.25, 0.3) is 0 Å². The number of thioether (sulfide) groups is 2. The van der Waals surface area contributed by atoms with Gasteiger partial charge in [-0.25, -0.2) is 15.0 Å². The predicted molar refractivity (Wildman–Crippen MR) is 122 cm³/mol. The van der Waals surface area contributed by atoms with Crippen LogP contribution in [-0.2, 0) is 17.6 Å². The van der Waals surface area contributed by atoms with Gasteiger partial charge in [0.1, 0.15) is 11.0 Å². The quantitative estimate of drug-likeness (QED) is 0.479. The SMILES string of the molecule is CC(=O)N1CC[C@@H](Nc2nc(Cl)nc3c2SCC3)C1.Clc1nc(Cl)c2c(n1)CCS2. The highest BCUT2D eigenvalue weighted by Crippen LogP contribution is 2.37. The number of fused-ring (bicyclic) bond motifs is 2. The fourth-order valence-corrected chi connectivity index (χ4v) is 6.30. The fourth-order valence-electron chi connectivity index (χ4n) is 3.49. The molecule has 30 heavy (non-hydrogen) atoms. The Hall–Kier alpha value is -1.000. The van der Waals surface area contributed by atoms with Gasteiger partial charge in [0.05, 0.1) is 21.2 Å². The molecule has 2 aromatic rings. The number of amides is 1. The van der Waals surface area contributed by atoms with E-state index in [2.05, 4.69) is 25.3 Å². The molecular formula is C18H19Cl3N6OS2. The molecular weight excluding hydrogens is 487 g/mol. The summed E-state index contributed by atoms with van der Waals surface area (Å²) in [6, 6.07) is 0.250. The van der Waals surface area contributed by atoms with Crippen LogP contribution >= 0.6 is 58.3 Å². The topological polar surface area (TPSA) is 83.9 Å². The molecule has 0 saturated carbocycles. The zero-order valence-electron chi connectivity index (χ0n) is 16.1. The molecule has 0 spiro atoms. The summed E-state index contributed by atoms with van der Waals surface area (Å²) in [6.45, 7) is 3.15. The van der Waals surface area contributed by atoms with E-state index in [1.54, 1.807) is 30.4 Å². The number of carbonyl (C=O) groups excluding carboxylic acids is 1. The smallest absolute Gasteiger partial charge is 0.224 e. The number of hydrogen-bond donors (Lipinski definition) is 1. The van der Waals surface area contributed by atoms with Crippen LogP contribution in [0.4, 0.5) is 5.82 Å². The molecule has 1 amide bonds. The summed E-state index contributed by atoms with van der Waals surface area (Å²) in [5, 5.41) is 4.45. The van der Waals surface area contributed by atoms with Crippen molar-refractivity contribution in [1.29, 1.82) is 0 Å². The van der Waals surface area contributed by atoms with Gasteiger partial charge in [-0.2, -0.15) is 4.98 Å². The molecule has 0 aromatic carbocycles. The maximum atomic E-state index is 11.3. The van der Waals surface area contributed by atoms with Gasteiger partial charge in [0.25, 0.3) is 0 Å². The molecule has 3 aliphatic heterocycles. The Labute approximate surface area is 198 Å². The molecule has 160 valence electrons. The highest BCUT2D eigenvalue weighted by Gasteiger charge is 2.27. The van der Waals surface area contributed by atoms with Crippen LogP contribution in [0.2, 0.25) is 15.7 Å². The average molecular weight is 506 g/mol. The van der Waals surface area contributed by atoms with Crippen LogP contribution < -0.4 is 5.32 Å². The first-order valence-corrected chi connectivity index (χ1v) is 12.6. The van der Waals surface area contributed by atoms with Gasteiger partial charge in [-0.15, -0.1) is 23.5 Å². The Morgan fingerprint density at radius 3 is 2.30 bits per heavy atom. The Morgan fingerprint density at radius 1 is 1.00 bits per heavy atom. The van der Waals surface area contributed by atoms with Crippen molar-refractivity contribution >= 4 is 70.1 Å². The van der Waals surface area contributed by atoms with Crippen molar-refractivity contribution in [2.45, 2.75) is 42.0 Å². The van der Waals surface area contributed by atoms with Crippen molar-refractivity contribution in [3.8, 4) is 0 Å². The van der Waals surface area contributed by atoms with E-state index in [1.807, 2.05) is 4.90 Å². The number of nitrogens with one attached hydrogen (secondary N) is 1. The Morgan fingerprint density at radius 2 is 1.63 bits per heavy atom. The third-order valence-electron chi connectivity index (χ3n) is 4.92. The highest BCUT2D eigenvalue weighted by atomic mass is 35.5. The van der Waals surface area contributed by atoms with Crippen molar-refractivity contribution in [1.82, 2.24) is 24.8 Å². The summed E-state index contributed by atoms with van der Waals surface area (Å²) < 4.78 is 0. The van der Waals surface area contributed by atoms with Crippen molar-refractivity contribution in [2.75, 3.05) is 29.9 Å². The zero-order chi connectivity index (χ0) is 21.3. The van der Waals surface area contributed by atoms with Crippen LogP contribution in [-0.4, -0.2) is 61.4 Å². The van der Waals surface area contributed by atoms with E-state index in [0.717, 1.165) is 70.9 Å². The molecule has 0 bridgehead atoms. The second-order valence-corrected chi connectivity index (χ2v) is 10.2. The lowest BCUT2D eigenvalue weighted by Crippen LogP contribution is -2.30. The largest absolute Gasteiger partial charge is 0.364 e. The number of nitrogens with zero attached hydrogens (tertiary/aromatic N) is 5. The Kier molecular flexibility index (Phi) is 7.14. The number of likely N-dealkylation sites (tertiary alicyclic amines) is 1. The van der Waals surface area contributed by atoms with E-state index in [-0.39, 0.29) is 17.2 Å². The molecule has 0 radical (unpaired) electrons. The maximum Gasteiger partial charge on any atom is 0.224 e. The minimum atomic E-state index is 0.129. The van der Waals surface area contributed by atoms with Crippen molar-refractivity contribution in [2.24, 2.45) is 0 Å². The van der Waals surface area contributed by atoms with Gasteiger partial charge >= 0.3 is 0 Å². The molecule has 0 aliphatic carbocycles. The monoisotopic (exact) mass is 504 g/mol. The van der Waals surface area contributed by atoms with E-state index in [0.29, 0.717) is 10.4 Å². The predicted octanol–water partition coefficient (Wildman–Crippen LogP) is 4.24. The van der Waals surface area contributed by atoms with Crippen LogP contribution in [0.1, 0.15) is 24.7 Å². The molecule has 1 atom stereocenters. The maximum absolute atomic E-state index is 11.3. The first-order valence-electron chi connectivity index (χ1n) is 9.46. The first-order chi connectivity index (χ1) is 14.4. The van der Waals surface area contributed by atoms with Crippen LogP contribution in [0.3, 0.4) is 0 Å². The van der Waals surface area contributed by atoms with Gasteiger partial charge in [-0.05, 0) is 29.6 Å². The van der Waals surface area contributed by atoms with Crippen LogP contribution in [0.5, 0.6) is 0 Å². The lowest BCUT2D eigenvalue weighted by Gasteiger charge is -2.17. The van der Waals surface area contributed by atoms with E-state index < -0.39 is 0 Å². The summed E-state index contributed by atoms with van der Waals surface area (Å²) in [6.07, 6.45) is 2.84. The van der Waals surface area contributed by atoms with Gasteiger partial charge in [-0.3, -0.25) is 4.79 Å². The van der Waals surface area contributed by atoms with Crippen molar-refractivity contribution < 1.29 is 4.79 Å². The summed E-state index contributed by atoms with van der Waals surface area (Å²) in [5.41, 5.74) is 2.02. The van der Waals surface area contributed by atoms with Crippen LogP contribution in [0, 0.1) is 0 Å². The molecule has 1 N–H and O–H groups in total. The second-order valence-electron chi connectivity index (χ2n) is 6.97. The molecule has 5 heterocycles. The van der Waals surface area contributed by atoms with E-state index in [9.17, 15) is 4.79 Å². The lowest BCUT2D eigenvalue weighted by molar-refractivity contribution is -0.127. The number of rotatable bonds is 2. The number of anilines is 1. The third kappa shape index (κ3) is 5.07. The summed E-state index contributed by atoms with van der Waals surface area (Å²) in [5.74, 6) is 3.02. The molecule has 2 aromatic heterocycles. The number of aryl methyl sites for hydroxylation is 2. The fraction of sp³-hybridized carbons (Fsp3) is 0.500. The lowest BCUT2D eigenvalue weighted by atomic mass is 10.2. The Balaban J connectivity index is 0.000000168. The van der Waals surface area contributed by atoms with Crippen LogP contribution in [0.15, 0.2) is 9.79 Å². The number of halogens is 3. The van der Waals surface area contributed by atoms with Gasteiger partial charge in [0, 0.05) is 50.4 Å².